The first-order valence-corrected chi connectivity index (χ1v) is 7.02. The molecule has 4 nitrogen and oxygen atoms in total. The maximum absolute atomic E-state index is 11.1. The van der Waals surface area contributed by atoms with Crippen molar-refractivity contribution in [3.63, 3.8) is 0 Å². The molecule has 1 heterocycles. The van der Waals surface area contributed by atoms with Crippen molar-refractivity contribution in [3.05, 3.63) is 77.6 Å². The number of para-hydroxylation sites is 1. The topological polar surface area (TPSA) is 50.9 Å². The molecule has 0 fully saturated rings. The van der Waals surface area contributed by atoms with Crippen LogP contribution in [0, 0.1) is 0 Å². The second-order valence-corrected chi connectivity index (χ2v) is 5.52. The first kappa shape index (κ1) is 12.3. The van der Waals surface area contributed by atoms with Crippen LogP contribution in [-0.2, 0) is 18.4 Å². The van der Waals surface area contributed by atoms with Gasteiger partial charge in [0.2, 0.25) is 0 Å². The number of hydrogen-bond acceptors (Lipinski definition) is 3. The average molecular weight is 277 g/mol. The lowest BCUT2D eigenvalue weighted by Gasteiger charge is -2.22. The van der Waals surface area contributed by atoms with Gasteiger partial charge >= 0.3 is 0 Å². The second kappa shape index (κ2) is 4.53. The fourth-order valence-corrected chi connectivity index (χ4v) is 3.09. The summed E-state index contributed by atoms with van der Waals surface area (Å²) in [5, 5.41) is 19.3. The minimum Gasteiger partial charge on any atom is -0.383 e. The lowest BCUT2D eigenvalue weighted by molar-refractivity contribution is 0.0411. The van der Waals surface area contributed by atoms with E-state index in [-0.39, 0.29) is 0 Å². The Kier molecular flexibility index (Phi) is 2.65. The molecule has 0 saturated carbocycles. The highest BCUT2D eigenvalue weighted by Crippen LogP contribution is 2.37. The molecule has 2 aromatic carbocycles. The van der Waals surface area contributed by atoms with E-state index in [1.54, 1.807) is 10.9 Å². The molecule has 0 spiro atoms. The Morgan fingerprint density at radius 3 is 2.19 bits per heavy atom. The summed E-state index contributed by atoms with van der Waals surface area (Å²) in [7, 11) is 0. The lowest BCUT2D eigenvalue weighted by atomic mass is 9.96. The molecule has 0 aliphatic heterocycles. The van der Waals surface area contributed by atoms with Gasteiger partial charge in [-0.2, -0.15) is 0 Å². The van der Waals surface area contributed by atoms with Crippen LogP contribution in [-0.4, -0.2) is 20.1 Å². The molecule has 0 bridgehead atoms. The van der Waals surface area contributed by atoms with E-state index in [1.165, 1.54) is 11.1 Å². The van der Waals surface area contributed by atoms with Gasteiger partial charge in [-0.05, 0) is 23.3 Å². The van der Waals surface area contributed by atoms with Crippen LogP contribution in [0.3, 0.4) is 0 Å². The highest BCUT2D eigenvalue weighted by Gasteiger charge is 2.39. The third-order valence-corrected chi connectivity index (χ3v) is 4.11. The number of aromatic nitrogens is 3. The van der Waals surface area contributed by atoms with E-state index in [9.17, 15) is 5.11 Å². The van der Waals surface area contributed by atoms with Crippen LogP contribution in [0.5, 0.6) is 0 Å². The van der Waals surface area contributed by atoms with Crippen molar-refractivity contribution in [2.24, 2.45) is 0 Å². The molecular weight excluding hydrogens is 262 g/mol. The van der Waals surface area contributed by atoms with E-state index in [0.29, 0.717) is 12.8 Å². The molecule has 0 atom stereocenters. The van der Waals surface area contributed by atoms with E-state index in [2.05, 4.69) is 22.4 Å². The van der Waals surface area contributed by atoms with Gasteiger partial charge in [-0.25, -0.2) is 4.68 Å². The number of rotatable bonds is 2. The van der Waals surface area contributed by atoms with Crippen LogP contribution >= 0.6 is 0 Å². The molecule has 1 aromatic heterocycles. The standard InChI is InChI=1S/C17H15N3O/c21-17(10-13-6-4-5-7-14(13)11-17)16-12-18-19-20(16)15-8-2-1-3-9-15/h1-9,12,21H,10-11H2. The van der Waals surface area contributed by atoms with Crippen molar-refractivity contribution in [1.29, 1.82) is 0 Å². The van der Waals surface area contributed by atoms with E-state index in [0.717, 1.165) is 11.4 Å². The molecule has 1 N–H and O–H groups in total. The first-order chi connectivity index (χ1) is 10.3. The molecule has 104 valence electrons. The molecule has 4 rings (SSSR count). The van der Waals surface area contributed by atoms with Gasteiger partial charge in [0.25, 0.3) is 0 Å². The molecule has 0 amide bonds. The maximum Gasteiger partial charge on any atom is 0.116 e. The number of aliphatic hydroxyl groups is 1. The molecule has 21 heavy (non-hydrogen) atoms. The van der Waals surface area contributed by atoms with Crippen LogP contribution in [0.25, 0.3) is 5.69 Å². The van der Waals surface area contributed by atoms with Crippen molar-refractivity contribution in [2.75, 3.05) is 0 Å². The van der Waals surface area contributed by atoms with Crippen molar-refractivity contribution >= 4 is 0 Å². The maximum atomic E-state index is 11.1. The van der Waals surface area contributed by atoms with Crippen LogP contribution in [0.4, 0.5) is 0 Å². The smallest absolute Gasteiger partial charge is 0.116 e. The fraction of sp³-hybridized carbons (Fsp3) is 0.176. The summed E-state index contributed by atoms with van der Waals surface area (Å²) in [6.45, 7) is 0. The zero-order valence-electron chi connectivity index (χ0n) is 11.5. The fourth-order valence-electron chi connectivity index (χ4n) is 3.09. The van der Waals surface area contributed by atoms with Crippen molar-refractivity contribution in [2.45, 2.75) is 18.4 Å². The highest BCUT2D eigenvalue weighted by molar-refractivity contribution is 5.40. The predicted molar refractivity (Wildman–Crippen MR) is 79.1 cm³/mol. The zero-order valence-corrected chi connectivity index (χ0v) is 11.5. The van der Waals surface area contributed by atoms with E-state index < -0.39 is 5.60 Å². The normalized spacial score (nSPS) is 15.9. The number of fused-ring (bicyclic) bond motifs is 1. The van der Waals surface area contributed by atoms with Crippen molar-refractivity contribution in [1.82, 2.24) is 15.0 Å². The average Bonchev–Trinajstić information content (AvgIpc) is 3.12. The number of benzene rings is 2. The van der Waals surface area contributed by atoms with Gasteiger partial charge < -0.3 is 5.11 Å². The Morgan fingerprint density at radius 2 is 1.52 bits per heavy atom. The van der Waals surface area contributed by atoms with Crippen LogP contribution in [0.2, 0.25) is 0 Å². The zero-order chi connectivity index (χ0) is 14.3. The SMILES string of the molecule is OC1(c2cnnn2-c2ccccc2)Cc2ccccc2C1. The number of hydrogen-bond donors (Lipinski definition) is 1. The Morgan fingerprint density at radius 1 is 0.905 bits per heavy atom. The van der Waals surface area contributed by atoms with Crippen LogP contribution in [0.1, 0.15) is 16.8 Å². The second-order valence-electron chi connectivity index (χ2n) is 5.52. The third-order valence-electron chi connectivity index (χ3n) is 4.11. The van der Waals surface area contributed by atoms with Gasteiger partial charge in [0.15, 0.2) is 0 Å². The van der Waals surface area contributed by atoms with E-state index in [4.69, 9.17) is 0 Å². The van der Waals surface area contributed by atoms with Crippen LogP contribution < -0.4 is 0 Å². The minimum atomic E-state index is -0.941. The highest BCUT2D eigenvalue weighted by atomic mass is 16.3. The van der Waals surface area contributed by atoms with E-state index in [1.807, 2.05) is 42.5 Å². The first-order valence-electron chi connectivity index (χ1n) is 7.02. The molecule has 4 heteroatoms. The Bertz CT molecular complexity index is 754. The molecular formula is C17H15N3O. The van der Waals surface area contributed by atoms with Gasteiger partial charge in [-0.15, -0.1) is 5.10 Å². The molecule has 3 aromatic rings. The van der Waals surface area contributed by atoms with E-state index >= 15 is 0 Å². The van der Waals surface area contributed by atoms with Gasteiger partial charge in [-0.1, -0.05) is 47.7 Å². The minimum absolute atomic E-state index is 0.601. The van der Waals surface area contributed by atoms with Crippen molar-refractivity contribution < 1.29 is 5.11 Å². The summed E-state index contributed by atoms with van der Waals surface area (Å²) >= 11 is 0. The monoisotopic (exact) mass is 277 g/mol. The van der Waals surface area contributed by atoms with Gasteiger partial charge in [0.05, 0.1) is 17.6 Å². The summed E-state index contributed by atoms with van der Waals surface area (Å²) < 4.78 is 1.73. The van der Waals surface area contributed by atoms with Gasteiger partial charge in [0.1, 0.15) is 5.60 Å². The Labute approximate surface area is 122 Å². The molecule has 1 aliphatic rings. The number of nitrogens with zero attached hydrogens (tertiary/aromatic N) is 3. The molecule has 0 unspecified atom stereocenters. The van der Waals surface area contributed by atoms with Gasteiger partial charge in [-0.3, -0.25) is 0 Å². The Hall–Kier alpha value is -2.46. The Balaban J connectivity index is 1.78. The largest absolute Gasteiger partial charge is 0.383 e. The summed E-state index contributed by atoms with van der Waals surface area (Å²) in [6.07, 6.45) is 2.87. The molecule has 1 aliphatic carbocycles. The quantitative estimate of drug-likeness (QED) is 0.781. The summed E-state index contributed by atoms with van der Waals surface area (Å²) in [6, 6.07) is 18.0. The predicted octanol–water partition coefficient (Wildman–Crippen LogP) is 2.25. The van der Waals surface area contributed by atoms with Gasteiger partial charge in [0, 0.05) is 12.8 Å². The van der Waals surface area contributed by atoms with Crippen LogP contribution in [0.15, 0.2) is 60.8 Å². The molecule has 0 saturated heterocycles. The lowest BCUT2D eigenvalue weighted by Crippen LogP contribution is -2.29. The van der Waals surface area contributed by atoms with Crippen molar-refractivity contribution in [3.8, 4) is 5.69 Å². The summed E-state index contributed by atoms with van der Waals surface area (Å²) in [5.74, 6) is 0. The molecule has 0 radical (unpaired) electrons. The third kappa shape index (κ3) is 1.96. The summed E-state index contributed by atoms with van der Waals surface area (Å²) in [4.78, 5) is 0. The summed E-state index contributed by atoms with van der Waals surface area (Å²) in [5.41, 5.74) is 3.10.